The number of anilines is 1. The Labute approximate surface area is 127 Å². The number of benzene rings is 1. The minimum absolute atomic E-state index is 0.245. The first-order chi connectivity index (χ1) is 9.54. The van der Waals surface area contributed by atoms with Crippen molar-refractivity contribution in [3.63, 3.8) is 0 Å². The molecule has 1 aromatic carbocycles. The fraction of sp³-hybridized carbons (Fsp3) is 0.167. The van der Waals surface area contributed by atoms with Gasteiger partial charge in [0, 0.05) is 10.2 Å². The van der Waals surface area contributed by atoms with Gasteiger partial charge >= 0.3 is 0 Å². The van der Waals surface area contributed by atoms with Crippen molar-refractivity contribution in [2.24, 2.45) is 0 Å². The molecule has 1 amide bonds. The molecule has 2 aromatic heterocycles. The fourth-order valence-electron chi connectivity index (χ4n) is 1.75. The number of rotatable bonds is 2. The first-order valence-corrected chi connectivity index (χ1v) is 7.42. The highest BCUT2D eigenvalue weighted by molar-refractivity contribution is 9.10. The lowest BCUT2D eigenvalue weighted by Gasteiger charge is -2.06. The van der Waals surface area contributed by atoms with E-state index in [1.807, 2.05) is 25.1 Å². The second-order valence-electron chi connectivity index (χ2n) is 4.26. The van der Waals surface area contributed by atoms with Gasteiger partial charge in [0.2, 0.25) is 9.97 Å². The number of aromatic nitrogens is 4. The molecule has 0 fully saturated rings. The summed E-state index contributed by atoms with van der Waals surface area (Å²) in [5, 5.41) is 15.2. The highest BCUT2D eigenvalue weighted by atomic mass is 79.9. The first-order valence-electron chi connectivity index (χ1n) is 5.81. The monoisotopic (exact) mass is 351 g/mol. The molecular formula is C12H10BrN5OS. The van der Waals surface area contributed by atoms with E-state index in [9.17, 15) is 4.79 Å². The third-order valence-corrected chi connectivity index (χ3v) is 4.17. The van der Waals surface area contributed by atoms with Crippen LogP contribution in [0.1, 0.15) is 21.2 Å². The van der Waals surface area contributed by atoms with Gasteiger partial charge in [-0.3, -0.25) is 4.79 Å². The second-order valence-corrected chi connectivity index (χ2v) is 6.13. The van der Waals surface area contributed by atoms with E-state index < -0.39 is 0 Å². The molecule has 2 heterocycles. The maximum atomic E-state index is 12.2. The van der Waals surface area contributed by atoms with Crippen molar-refractivity contribution in [2.75, 3.05) is 5.32 Å². The van der Waals surface area contributed by atoms with Crippen LogP contribution in [0.25, 0.3) is 4.96 Å². The average molecular weight is 352 g/mol. The van der Waals surface area contributed by atoms with Crippen molar-refractivity contribution >= 4 is 43.8 Å². The van der Waals surface area contributed by atoms with Gasteiger partial charge in [-0.15, -0.1) is 15.3 Å². The molecule has 3 rings (SSSR count). The lowest BCUT2D eigenvalue weighted by molar-refractivity contribution is 0.102. The predicted molar refractivity (Wildman–Crippen MR) is 80.2 cm³/mol. The lowest BCUT2D eigenvalue weighted by Crippen LogP contribution is -2.13. The van der Waals surface area contributed by atoms with Gasteiger partial charge in [-0.25, -0.2) is 0 Å². The van der Waals surface area contributed by atoms with Gasteiger partial charge < -0.3 is 5.32 Å². The van der Waals surface area contributed by atoms with Crippen molar-refractivity contribution in [3.8, 4) is 0 Å². The Hall–Kier alpha value is -1.80. The molecule has 102 valence electrons. The molecule has 20 heavy (non-hydrogen) atoms. The highest BCUT2D eigenvalue weighted by Gasteiger charge is 2.16. The molecule has 0 unspecified atom stereocenters. The Morgan fingerprint density at radius 2 is 2.15 bits per heavy atom. The summed E-state index contributed by atoms with van der Waals surface area (Å²) in [7, 11) is 0. The fourth-order valence-corrected chi connectivity index (χ4v) is 3.01. The van der Waals surface area contributed by atoms with Gasteiger partial charge in [-0.1, -0.05) is 27.3 Å². The third kappa shape index (κ3) is 2.32. The Kier molecular flexibility index (Phi) is 3.27. The number of halogens is 1. The summed E-state index contributed by atoms with van der Waals surface area (Å²) in [5.74, 6) is 0.417. The maximum absolute atomic E-state index is 12.2. The second kappa shape index (κ2) is 4.95. The summed E-state index contributed by atoms with van der Waals surface area (Å²) in [5.41, 5.74) is 1.74. The zero-order valence-electron chi connectivity index (χ0n) is 10.7. The molecular weight excluding hydrogens is 342 g/mol. The Balaban J connectivity index is 1.88. The van der Waals surface area contributed by atoms with Crippen molar-refractivity contribution in [3.05, 3.63) is 39.1 Å². The summed E-state index contributed by atoms with van der Waals surface area (Å²) in [4.78, 5) is 12.8. The van der Waals surface area contributed by atoms with E-state index in [2.05, 4.69) is 36.5 Å². The van der Waals surface area contributed by atoms with Crippen molar-refractivity contribution < 1.29 is 4.79 Å². The number of nitrogens with one attached hydrogen (secondary N) is 1. The van der Waals surface area contributed by atoms with Crippen LogP contribution in [0.2, 0.25) is 0 Å². The van der Waals surface area contributed by atoms with E-state index in [1.165, 1.54) is 11.3 Å². The maximum Gasteiger partial charge on any atom is 0.286 e. The van der Waals surface area contributed by atoms with Crippen molar-refractivity contribution in [1.82, 2.24) is 19.8 Å². The van der Waals surface area contributed by atoms with E-state index in [4.69, 9.17) is 0 Å². The van der Waals surface area contributed by atoms with Crippen LogP contribution in [0, 0.1) is 13.8 Å². The summed E-state index contributed by atoms with van der Waals surface area (Å²) in [6, 6.07) is 5.67. The minimum atomic E-state index is -0.245. The zero-order chi connectivity index (χ0) is 14.3. The van der Waals surface area contributed by atoms with Crippen LogP contribution >= 0.6 is 27.3 Å². The summed E-state index contributed by atoms with van der Waals surface area (Å²) < 4.78 is 2.54. The number of nitrogens with zero attached hydrogens (tertiary/aromatic N) is 4. The lowest BCUT2D eigenvalue weighted by atomic mass is 10.2. The summed E-state index contributed by atoms with van der Waals surface area (Å²) in [6.07, 6.45) is 0. The summed E-state index contributed by atoms with van der Waals surface area (Å²) >= 11 is 4.60. The molecule has 0 bridgehead atoms. The molecule has 0 spiro atoms. The number of hydrogen-bond donors (Lipinski definition) is 1. The number of amides is 1. The van der Waals surface area contributed by atoms with Gasteiger partial charge in [0.25, 0.3) is 5.91 Å². The average Bonchev–Trinajstić information content (AvgIpc) is 2.96. The Morgan fingerprint density at radius 1 is 1.35 bits per heavy atom. The molecule has 8 heteroatoms. The van der Waals surface area contributed by atoms with Gasteiger partial charge in [-0.05, 0) is 37.6 Å². The van der Waals surface area contributed by atoms with Crippen LogP contribution in [0.15, 0.2) is 22.7 Å². The molecule has 1 N–H and O–H groups in total. The van der Waals surface area contributed by atoms with Gasteiger partial charge in [0.1, 0.15) is 0 Å². The van der Waals surface area contributed by atoms with Crippen LogP contribution in [-0.4, -0.2) is 25.7 Å². The molecule has 0 aliphatic heterocycles. The SMILES string of the molecule is Cc1cc(Br)ccc1NC(=O)c1nn2c(C)nnc2s1. The summed E-state index contributed by atoms with van der Waals surface area (Å²) in [6.45, 7) is 3.73. The number of hydrogen-bond acceptors (Lipinski definition) is 5. The molecule has 3 aromatic rings. The van der Waals surface area contributed by atoms with Gasteiger partial charge in [-0.2, -0.15) is 4.52 Å². The number of aryl methyl sites for hydroxylation is 2. The van der Waals surface area contributed by atoms with Crippen LogP contribution in [0.5, 0.6) is 0 Å². The van der Waals surface area contributed by atoms with Gasteiger partial charge in [0.05, 0.1) is 0 Å². The Bertz CT molecular complexity index is 809. The number of carbonyl (C=O) groups excluding carboxylic acids is 1. The number of carbonyl (C=O) groups is 1. The van der Waals surface area contributed by atoms with E-state index in [-0.39, 0.29) is 5.91 Å². The Morgan fingerprint density at radius 3 is 2.85 bits per heavy atom. The molecule has 0 atom stereocenters. The van der Waals surface area contributed by atoms with Crippen LogP contribution in [0.3, 0.4) is 0 Å². The van der Waals surface area contributed by atoms with Crippen molar-refractivity contribution in [2.45, 2.75) is 13.8 Å². The minimum Gasteiger partial charge on any atom is -0.320 e. The van der Waals surface area contributed by atoms with E-state index in [0.717, 1.165) is 15.7 Å². The quantitative estimate of drug-likeness (QED) is 0.770. The van der Waals surface area contributed by atoms with E-state index in [0.29, 0.717) is 15.8 Å². The smallest absolute Gasteiger partial charge is 0.286 e. The van der Waals surface area contributed by atoms with Crippen LogP contribution in [0.4, 0.5) is 5.69 Å². The third-order valence-electron chi connectivity index (χ3n) is 2.78. The topological polar surface area (TPSA) is 72.2 Å². The molecule has 0 aliphatic rings. The molecule has 0 saturated heterocycles. The van der Waals surface area contributed by atoms with E-state index >= 15 is 0 Å². The van der Waals surface area contributed by atoms with Gasteiger partial charge in [0.15, 0.2) is 5.82 Å². The number of fused-ring (bicyclic) bond motifs is 1. The highest BCUT2D eigenvalue weighted by Crippen LogP contribution is 2.21. The van der Waals surface area contributed by atoms with E-state index in [1.54, 1.807) is 11.4 Å². The molecule has 0 aliphatic carbocycles. The van der Waals surface area contributed by atoms with Crippen molar-refractivity contribution in [1.29, 1.82) is 0 Å². The van der Waals surface area contributed by atoms with Crippen LogP contribution < -0.4 is 5.32 Å². The standard InChI is InChI=1S/C12H10BrN5OS/c1-6-5-8(13)3-4-9(6)14-10(19)11-17-18-7(2)15-16-12(18)20-11/h3-5H,1-2H3,(H,14,19). The normalized spacial score (nSPS) is 10.9. The first kappa shape index (κ1) is 13.2. The largest absolute Gasteiger partial charge is 0.320 e. The van der Waals surface area contributed by atoms with Crippen LogP contribution in [-0.2, 0) is 0 Å². The molecule has 0 radical (unpaired) electrons. The predicted octanol–water partition coefficient (Wildman–Crippen LogP) is 2.82. The molecule has 6 nitrogen and oxygen atoms in total. The zero-order valence-corrected chi connectivity index (χ0v) is 13.1. The molecule has 0 saturated carbocycles.